The normalized spacial score (nSPS) is 19.7. The number of nitrogens with one attached hydrogen (secondary N) is 1. The van der Waals surface area contributed by atoms with Gasteiger partial charge >= 0.3 is 5.69 Å². The molecule has 4 aromatic rings. The Labute approximate surface area is 154 Å². The lowest BCUT2D eigenvalue weighted by Crippen LogP contribution is -2.40. The van der Waals surface area contributed by atoms with Crippen molar-refractivity contribution in [3.63, 3.8) is 0 Å². The van der Waals surface area contributed by atoms with Gasteiger partial charge in [0.1, 0.15) is 11.8 Å². The second kappa shape index (κ2) is 5.75. The van der Waals surface area contributed by atoms with E-state index < -0.39 is 0 Å². The third-order valence-corrected chi connectivity index (χ3v) is 5.34. The van der Waals surface area contributed by atoms with E-state index in [9.17, 15) is 4.79 Å². The number of benzene rings is 1. The highest BCUT2D eigenvalue weighted by Crippen LogP contribution is 2.37. The van der Waals surface area contributed by atoms with Gasteiger partial charge in [0.25, 0.3) is 0 Å². The third-order valence-electron chi connectivity index (χ3n) is 5.34. The average Bonchev–Trinajstić information content (AvgIpc) is 3.21. The molecule has 1 aliphatic rings. The van der Waals surface area contributed by atoms with Crippen molar-refractivity contribution < 1.29 is 4.74 Å². The van der Waals surface area contributed by atoms with Gasteiger partial charge in [-0.05, 0) is 18.6 Å². The number of H-pyrrole nitrogens is 1. The van der Waals surface area contributed by atoms with Crippen LogP contribution >= 0.6 is 0 Å². The highest BCUT2D eigenvalue weighted by molar-refractivity contribution is 5.77. The summed E-state index contributed by atoms with van der Waals surface area (Å²) in [6, 6.07) is 7.83. The Morgan fingerprint density at radius 1 is 1.26 bits per heavy atom. The molecule has 1 atom stereocenters. The minimum atomic E-state index is -0.163. The largest absolute Gasteiger partial charge is 0.381 e. The molecule has 0 aliphatic carbocycles. The van der Waals surface area contributed by atoms with Gasteiger partial charge in [-0.15, -0.1) is 0 Å². The Hall–Kier alpha value is -3.00. The predicted octanol–water partition coefficient (Wildman–Crippen LogP) is 2.45. The van der Waals surface area contributed by atoms with Crippen molar-refractivity contribution in [3.05, 3.63) is 47.3 Å². The number of rotatable bonds is 2. The van der Waals surface area contributed by atoms with Crippen LogP contribution in [0.1, 0.15) is 26.3 Å². The number of hydrogen-bond acceptors (Lipinski definition) is 5. The van der Waals surface area contributed by atoms with Crippen molar-refractivity contribution in [1.82, 2.24) is 29.1 Å². The van der Waals surface area contributed by atoms with Crippen LogP contribution in [0.5, 0.6) is 0 Å². The van der Waals surface area contributed by atoms with E-state index in [2.05, 4.69) is 28.8 Å². The SMILES string of the molecule is CC1(C)COCCC1n1c(=O)[nH]c2cnc(-n3cnc4ccccc43)nc21. The Morgan fingerprint density at radius 3 is 2.96 bits per heavy atom. The Kier molecular flexibility index (Phi) is 3.45. The van der Waals surface area contributed by atoms with Crippen LogP contribution in [0, 0.1) is 5.41 Å². The molecule has 8 nitrogen and oxygen atoms in total. The third kappa shape index (κ3) is 2.48. The van der Waals surface area contributed by atoms with Gasteiger partial charge in [-0.25, -0.2) is 14.8 Å². The number of aromatic amines is 1. The van der Waals surface area contributed by atoms with Gasteiger partial charge in [0.05, 0.1) is 23.8 Å². The van der Waals surface area contributed by atoms with Crippen LogP contribution in [-0.4, -0.2) is 42.3 Å². The van der Waals surface area contributed by atoms with E-state index in [0.29, 0.717) is 30.3 Å². The van der Waals surface area contributed by atoms with Crippen LogP contribution < -0.4 is 5.69 Å². The zero-order valence-electron chi connectivity index (χ0n) is 15.2. The summed E-state index contributed by atoms with van der Waals surface area (Å²) in [6.07, 6.45) is 4.14. The first-order valence-corrected chi connectivity index (χ1v) is 9.02. The van der Waals surface area contributed by atoms with Gasteiger partial charge in [-0.2, -0.15) is 4.98 Å². The first kappa shape index (κ1) is 16.2. The Balaban J connectivity index is 1.71. The number of para-hydroxylation sites is 2. The van der Waals surface area contributed by atoms with E-state index in [0.717, 1.165) is 17.5 Å². The predicted molar refractivity (Wildman–Crippen MR) is 101 cm³/mol. The summed E-state index contributed by atoms with van der Waals surface area (Å²) in [5.41, 5.74) is 2.72. The first-order valence-electron chi connectivity index (χ1n) is 9.02. The van der Waals surface area contributed by atoms with Crippen LogP contribution in [0.25, 0.3) is 28.1 Å². The summed E-state index contributed by atoms with van der Waals surface area (Å²) in [5, 5.41) is 0. The van der Waals surface area contributed by atoms with E-state index in [1.54, 1.807) is 17.1 Å². The highest BCUT2D eigenvalue weighted by atomic mass is 16.5. The lowest BCUT2D eigenvalue weighted by molar-refractivity contribution is -0.0253. The van der Waals surface area contributed by atoms with Gasteiger partial charge < -0.3 is 9.72 Å². The number of nitrogens with zero attached hydrogens (tertiary/aromatic N) is 5. The molecule has 3 aromatic heterocycles. The Bertz CT molecular complexity index is 1200. The van der Waals surface area contributed by atoms with Gasteiger partial charge in [0.2, 0.25) is 5.95 Å². The second-order valence-corrected chi connectivity index (χ2v) is 7.66. The van der Waals surface area contributed by atoms with Crippen molar-refractivity contribution in [2.75, 3.05) is 13.2 Å². The summed E-state index contributed by atoms with van der Waals surface area (Å²) < 4.78 is 9.23. The molecule has 0 radical (unpaired) electrons. The molecule has 0 bridgehead atoms. The summed E-state index contributed by atoms with van der Waals surface area (Å²) in [4.78, 5) is 29.2. The quantitative estimate of drug-likeness (QED) is 0.590. The van der Waals surface area contributed by atoms with E-state index in [-0.39, 0.29) is 17.1 Å². The zero-order chi connectivity index (χ0) is 18.6. The molecule has 0 spiro atoms. The van der Waals surface area contributed by atoms with Crippen molar-refractivity contribution in [3.8, 4) is 5.95 Å². The molecule has 1 N–H and O–H groups in total. The van der Waals surface area contributed by atoms with Crippen molar-refractivity contribution >= 4 is 22.2 Å². The minimum Gasteiger partial charge on any atom is -0.381 e. The molecule has 1 fully saturated rings. The molecule has 1 aromatic carbocycles. The maximum atomic E-state index is 12.7. The molecule has 27 heavy (non-hydrogen) atoms. The fourth-order valence-corrected chi connectivity index (χ4v) is 3.93. The molecular formula is C19H20N6O2. The number of imidazole rings is 2. The lowest BCUT2D eigenvalue weighted by Gasteiger charge is -2.38. The molecule has 5 rings (SSSR count). The number of hydrogen-bond donors (Lipinski definition) is 1. The van der Waals surface area contributed by atoms with Crippen LogP contribution in [-0.2, 0) is 4.74 Å². The molecule has 1 saturated heterocycles. The summed E-state index contributed by atoms with van der Waals surface area (Å²) in [6.45, 7) is 5.49. The van der Waals surface area contributed by atoms with Gasteiger partial charge in [0.15, 0.2) is 5.65 Å². The molecule has 0 saturated carbocycles. The van der Waals surface area contributed by atoms with Crippen molar-refractivity contribution in [1.29, 1.82) is 0 Å². The monoisotopic (exact) mass is 364 g/mol. The maximum absolute atomic E-state index is 12.7. The van der Waals surface area contributed by atoms with Gasteiger partial charge in [0, 0.05) is 18.1 Å². The molecule has 8 heteroatoms. The smallest absolute Gasteiger partial charge is 0.327 e. The fourth-order valence-electron chi connectivity index (χ4n) is 3.93. The van der Waals surface area contributed by atoms with Crippen molar-refractivity contribution in [2.24, 2.45) is 5.41 Å². The van der Waals surface area contributed by atoms with E-state index in [4.69, 9.17) is 9.72 Å². The molecule has 1 unspecified atom stereocenters. The highest BCUT2D eigenvalue weighted by Gasteiger charge is 2.36. The molecule has 138 valence electrons. The summed E-state index contributed by atoms with van der Waals surface area (Å²) in [7, 11) is 0. The maximum Gasteiger partial charge on any atom is 0.327 e. The van der Waals surface area contributed by atoms with Crippen LogP contribution in [0.4, 0.5) is 0 Å². The Morgan fingerprint density at radius 2 is 2.11 bits per heavy atom. The molecule has 0 amide bonds. The number of ether oxygens (including phenoxy) is 1. The van der Waals surface area contributed by atoms with Crippen molar-refractivity contribution in [2.45, 2.75) is 26.3 Å². The van der Waals surface area contributed by atoms with E-state index in [1.165, 1.54) is 0 Å². The van der Waals surface area contributed by atoms with Gasteiger partial charge in [-0.3, -0.25) is 9.13 Å². The van der Waals surface area contributed by atoms with Gasteiger partial charge in [-0.1, -0.05) is 26.0 Å². The first-order chi connectivity index (χ1) is 13.0. The lowest BCUT2D eigenvalue weighted by atomic mass is 9.82. The number of fused-ring (bicyclic) bond motifs is 2. The van der Waals surface area contributed by atoms with Crippen LogP contribution in [0.2, 0.25) is 0 Å². The summed E-state index contributed by atoms with van der Waals surface area (Å²) >= 11 is 0. The summed E-state index contributed by atoms with van der Waals surface area (Å²) in [5.74, 6) is 0.494. The van der Waals surface area contributed by atoms with Crippen LogP contribution in [0.15, 0.2) is 41.6 Å². The van der Waals surface area contributed by atoms with Crippen LogP contribution in [0.3, 0.4) is 0 Å². The standard InChI is InChI=1S/C19H20N6O2/c1-19(2)10-27-8-7-15(19)25-16-13(22-18(25)26)9-20-17(23-16)24-11-21-12-5-3-4-6-14(12)24/h3-6,9,11,15H,7-8,10H2,1-2H3,(H,22,26). The van der Waals surface area contributed by atoms with E-state index >= 15 is 0 Å². The molecular weight excluding hydrogens is 344 g/mol. The molecule has 1 aliphatic heterocycles. The average molecular weight is 364 g/mol. The zero-order valence-corrected chi connectivity index (χ0v) is 15.2. The minimum absolute atomic E-state index is 0.00906. The number of aromatic nitrogens is 6. The fraction of sp³-hybridized carbons (Fsp3) is 0.368. The van der Waals surface area contributed by atoms with E-state index in [1.807, 2.05) is 28.8 Å². The topological polar surface area (TPSA) is 90.6 Å². The second-order valence-electron chi connectivity index (χ2n) is 7.66. The molecule has 4 heterocycles.